The Hall–Kier alpha value is -2.21. The van der Waals surface area contributed by atoms with Crippen LogP contribution in [-0.2, 0) is 16.0 Å². The lowest BCUT2D eigenvalue weighted by Gasteiger charge is -2.22. The second-order valence-electron chi connectivity index (χ2n) is 7.93. The monoisotopic (exact) mass is 383 g/mol. The summed E-state index contributed by atoms with van der Waals surface area (Å²) >= 11 is 1.65. The molecule has 1 aromatic carbocycles. The van der Waals surface area contributed by atoms with Gasteiger partial charge in [-0.2, -0.15) is 0 Å². The number of benzene rings is 1. The van der Waals surface area contributed by atoms with Crippen molar-refractivity contribution in [3.05, 3.63) is 34.2 Å². The van der Waals surface area contributed by atoms with Crippen molar-refractivity contribution in [2.24, 2.45) is 11.8 Å². The number of anilines is 1. The van der Waals surface area contributed by atoms with Crippen LogP contribution in [0.2, 0.25) is 0 Å². The first-order valence-corrected chi connectivity index (χ1v) is 10.4. The molecule has 0 N–H and O–H groups in total. The van der Waals surface area contributed by atoms with E-state index in [9.17, 15) is 9.59 Å². The molecular formula is C21H25N3O2S. The minimum absolute atomic E-state index is 0.0885. The zero-order valence-corrected chi connectivity index (χ0v) is 16.9. The molecular weight excluding hydrogens is 358 g/mol. The zero-order chi connectivity index (χ0) is 19.1. The highest BCUT2D eigenvalue weighted by atomic mass is 32.1. The van der Waals surface area contributed by atoms with Crippen LogP contribution in [0.3, 0.4) is 0 Å². The number of aromatic nitrogens is 1. The van der Waals surface area contributed by atoms with Crippen LogP contribution >= 0.6 is 11.3 Å². The molecule has 1 atom stereocenters. The molecule has 6 heteroatoms. The lowest BCUT2D eigenvalue weighted by molar-refractivity contribution is -0.128. The maximum Gasteiger partial charge on any atom is 0.232 e. The van der Waals surface area contributed by atoms with Crippen LogP contribution in [0.15, 0.2) is 23.6 Å². The lowest BCUT2D eigenvalue weighted by Crippen LogP contribution is -2.36. The van der Waals surface area contributed by atoms with Gasteiger partial charge in [-0.25, -0.2) is 4.98 Å². The van der Waals surface area contributed by atoms with Gasteiger partial charge in [0.05, 0.1) is 16.6 Å². The van der Waals surface area contributed by atoms with E-state index in [-0.39, 0.29) is 17.7 Å². The van der Waals surface area contributed by atoms with Crippen LogP contribution in [0, 0.1) is 18.8 Å². The molecule has 0 unspecified atom stereocenters. The highest BCUT2D eigenvalue weighted by Crippen LogP contribution is 2.34. The van der Waals surface area contributed by atoms with Crippen LogP contribution < -0.4 is 4.90 Å². The van der Waals surface area contributed by atoms with E-state index in [1.54, 1.807) is 11.3 Å². The highest BCUT2D eigenvalue weighted by Gasteiger charge is 2.38. The summed E-state index contributed by atoms with van der Waals surface area (Å²) in [6, 6.07) is 6.23. The summed E-state index contributed by atoms with van der Waals surface area (Å²) in [5.74, 6) is 0.396. The van der Waals surface area contributed by atoms with Crippen molar-refractivity contribution in [3.8, 4) is 11.3 Å². The van der Waals surface area contributed by atoms with E-state index in [0.717, 1.165) is 34.9 Å². The van der Waals surface area contributed by atoms with Crippen molar-refractivity contribution in [2.75, 3.05) is 24.5 Å². The predicted molar refractivity (Wildman–Crippen MR) is 108 cm³/mol. The Labute approximate surface area is 164 Å². The molecule has 1 saturated heterocycles. The first kappa shape index (κ1) is 18.2. The Kier molecular flexibility index (Phi) is 4.76. The summed E-state index contributed by atoms with van der Waals surface area (Å²) in [5, 5.41) is 3.13. The third kappa shape index (κ3) is 3.50. The Morgan fingerprint density at radius 2 is 2.19 bits per heavy atom. The summed E-state index contributed by atoms with van der Waals surface area (Å²) in [7, 11) is 0. The average Bonchev–Trinajstić information content (AvgIpc) is 3.32. The smallest absolute Gasteiger partial charge is 0.232 e. The second kappa shape index (κ2) is 7.08. The number of hydrogen-bond acceptors (Lipinski definition) is 4. The first-order valence-electron chi connectivity index (χ1n) is 9.57. The van der Waals surface area contributed by atoms with E-state index in [1.807, 2.05) is 28.9 Å². The molecule has 2 aromatic rings. The Balaban J connectivity index is 1.51. The fraction of sp³-hybridized carbons (Fsp3) is 0.476. The molecule has 0 radical (unpaired) electrons. The van der Waals surface area contributed by atoms with Gasteiger partial charge in [0.2, 0.25) is 11.8 Å². The van der Waals surface area contributed by atoms with Gasteiger partial charge in [0.15, 0.2) is 0 Å². The van der Waals surface area contributed by atoms with Gasteiger partial charge in [-0.3, -0.25) is 9.59 Å². The summed E-state index contributed by atoms with van der Waals surface area (Å²) in [6.07, 6.45) is 1.20. The van der Waals surface area contributed by atoms with Crippen molar-refractivity contribution in [1.29, 1.82) is 0 Å². The van der Waals surface area contributed by atoms with E-state index < -0.39 is 0 Å². The van der Waals surface area contributed by atoms with E-state index in [1.165, 1.54) is 5.56 Å². The Morgan fingerprint density at radius 3 is 2.89 bits per heavy atom. The number of carbonyl (C=O) groups is 2. The number of aryl methyl sites for hydroxylation is 1. The third-order valence-electron chi connectivity index (χ3n) is 5.31. The minimum Gasteiger partial charge on any atom is -0.342 e. The maximum atomic E-state index is 13.1. The average molecular weight is 384 g/mol. The molecule has 1 aromatic heterocycles. The predicted octanol–water partition coefficient (Wildman–Crippen LogP) is 3.51. The van der Waals surface area contributed by atoms with Crippen molar-refractivity contribution < 1.29 is 9.59 Å². The number of thiazole rings is 1. The fourth-order valence-corrected chi connectivity index (χ4v) is 4.68. The molecule has 0 saturated carbocycles. The summed E-state index contributed by atoms with van der Waals surface area (Å²) in [5.41, 5.74) is 4.28. The minimum atomic E-state index is -0.219. The van der Waals surface area contributed by atoms with Crippen molar-refractivity contribution in [3.63, 3.8) is 0 Å². The number of likely N-dealkylation sites (tertiary alicyclic amines) is 1. The second-order valence-corrected chi connectivity index (χ2v) is 8.99. The number of amides is 2. The number of nitrogens with zero attached hydrogens (tertiary/aromatic N) is 3. The fourth-order valence-electron chi connectivity index (χ4n) is 4.06. The van der Waals surface area contributed by atoms with Crippen molar-refractivity contribution in [2.45, 2.75) is 33.6 Å². The normalized spacial score (nSPS) is 19.3. The molecule has 2 aliphatic rings. The van der Waals surface area contributed by atoms with E-state index in [4.69, 9.17) is 0 Å². The number of hydrogen-bond donors (Lipinski definition) is 0. The molecule has 4 rings (SSSR count). The van der Waals surface area contributed by atoms with Gasteiger partial charge in [-0.05, 0) is 37.0 Å². The Bertz CT molecular complexity index is 889. The number of rotatable bonds is 4. The lowest BCUT2D eigenvalue weighted by atomic mass is 10.1. The third-order valence-corrected chi connectivity index (χ3v) is 6.08. The number of fused-ring (bicyclic) bond motifs is 1. The summed E-state index contributed by atoms with van der Waals surface area (Å²) < 4.78 is 0. The van der Waals surface area contributed by atoms with Gasteiger partial charge in [0.25, 0.3) is 0 Å². The summed E-state index contributed by atoms with van der Waals surface area (Å²) in [4.78, 5) is 33.6. The van der Waals surface area contributed by atoms with E-state index in [2.05, 4.69) is 30.3 Å². The molecule has 0 bridgehead atoms. The molecule has 27 heavy (non-hydrogen) atoms. The Morgan fingerprint density at radius 1 is 1.37 bits per heavy atom. The van der Waals surface area contributed by atoms with Gasteiger partial charge >= 0.3 is 0 Å². The molecule has 0 aliphatic carbocycles. The quantitative estimate of drug-likeness (QED) is 0.812. The van der Waals surface area contributed by atoms with Crippen LogP contribution in [0.25, 0.3) is 11.3 Å². The standard InChI is InChI=1S/C21H25N3O2S/c1-13(2)10-23-11-17(9-20(23)25)21(26)24-7-6-16-8-15(4-5-19(16)24)18-12-27-14(3)22-18/h4-5,8,12-13,17H,6-7,9-11H2,1-3H3/t17-/m1/s1. The van der Waals surface area contributed by atoms with E-state index >= 15 is 0 Å². The zero-order valence-electron chi connectivity index (χ0n) is 16.1. The van der Waals surface area contributed by atoms with Crippen molar-refractivity contribution >= 4 is 28.8 Å². The van der Waals surface area contributed by atoms with Crippen LogP contribution in [0.1, 0.15) is 30.8 Å². The molecule has 3 heterocycles. The van der Waals surface area contributed by atoms with Gasteiger partial charge in [-0.1, -0.05) is 19.9 Å². The molecule has 0 spiro atoms. The number of carbonyl (C=O) groups excluding carboxylic acids is 2. The highest BCUT2D eigenvalue weighted by molar-refractivity contribution is 7.09. The summed E-state index contributed by atoms with van der Waals surface area (Å²) in [6.45, 7) is 8.19. The molecule has 1 fully saturated rings. The molecule has 2 aliphatic heterocycles. The van der Waals surface area contributed by atoms with Crippen LogP contribution in [0.4, 0.5) is 5.69 Å². The van der Waals surface area contributed by atoms with E-state index in [0.29, 0.717) is 25.4 Å². The van der Waals surface area contributed by atoms with Crippen LogP contribution in [-0.4, -0.2) is 41.3 Å². The van der Waals surface area contributed by atoms with Crippen LogP contribution in [0.5, 0.6) is 0 Å². The molecule has 5 nitrogen and oxygen atoms in total. The molecule has 2 amide bonds. The maximum absolute atomic E-state index is 13.1. The van der Waals surface area contributed by atoms with Gasteiger partial charge in [0, 0.05) is 42.7 Å². The first-order chi connectivity index (χ1) is 12.9. The topological polar surface area (TPSA) is 53.5 Å². The molecule has 142 valence electrons. The largest absolute Gasteiger partial charge is 0.342 e. The van der Waals surface area contributed by atoms with Crippen molar-refractivity contribution in [1.82, 2.24) is 9.88 Å². The SMILES string of the molecule is Cc1nc(-c2ccc3c(c2)CCN3C(=O)[C@@H]2CC(=O)N(CC(C)C)C2)cs1. The van der Waals surface area contributed by atoms with Gasteiger partial charge in [-0.15, -0.1) is 11.3 Å². The van der Waals surface area contributed by atoms with Gasteiger partial charge in [0.1, 0.15) is 0 Å². The van der Waals surface area contributed by atoms with Gasteiger partial charge < -0.3 is 9.80 Å².